The zero-order chi connectivity index (χ0) is 14.4. The first-order valence-electron chi connectivity index (χ1n) is 8.22. The summed E-state index contributed by atoms with van der Waals surface area (Å²) in [6, 6.07) is 9.77. The molecule has 1 N–H and O–H groups in total. The highest BCUT2D eigenvalue weighted by molar-refractivity contribution is 8.00. The first-order valence-corrected chi connectivity index (χ1v) is 9.10. The molecule has 20 heavy (non-hydrogen) atoms. The number of hydrogen-bond donors (Lipinski definition) is 1. The van der Waals surface area contributed by atoms with Crippen LogP contribution in [0.5, 0.6) is 0 Å². The van der Waals surface area contributed by atoms with E-state index >= 15 is 0 Å². The van der Waals surface area contributed by atoms with Crippen molar-refractivity contribution in [2.24, 2.45) is 5.92 Å². The van der Waals surface area contributed by atoms with E-state index in [1.165, 1.54) is 36.1 Å². The van der Waals surface area contributed by atoms with Crippen molar-refractivity contribution in [2.45, 2.75) is 69.1 Å². The molecule has 0 amide bonds. The van der Waals surface area contributed by atoms with Crippen LogP contribution in [0.2, 0.25) is 0 Å². The van der Waals surface area contributed by atoms with E-state index < -0.39 is 0 Å². The lowest BCUT2D eigenvalue weighted by atomic mass is 9.91. The largest absolute Gasteiger partial charge is 0.310 e. The van der Waals surface area contributed by atoms with Gasteiger partial charge in [-0.2, -0.15) is 0 Å². The van der Waals surface area contributed by atoms with Gasteiger partial charge in [0.05, 0.1) is 0 Å². The number of thioether (sulfide) groups is 1. The lowest BCUT2D eigenvalue weighted by Gasteiger charge is -2.26. The Hall–Kier alpha value is -0.470. The van der Waals surface area contributed by atoms with Crippen LogP contribution in [-0.2, 0) is 0 Å². The molecule has 0 aliphatic heterocycles. The van der Waals surface area contributed by atoms with E-state index in [4.69, 9.17) is 0 Å². The van der Waals surface area contributed by atoms with E-state index in [1.807, 2.05) is 0 Å². The molecule has 1 saturated carbocycles. The lowest BCUT2D eigenvalue weighted by molar-refractivity contribution is 0.394. The molecule has 1 aliphatic carbocycles. The maximum atomic E-state index is 3.55. The van der Waals surface area contributed by atoms with E-state index in [1.54, 1.807) is 0 Å². The third-order valence-electron chi connectivity index (χ3n) is 4.33. The molecule has 0 spiro atoms. The van der Waals surface area contributed by atoms with Gasteiger partial charge in [0.1, 0.15) is 0 Å². The minimum Gasteiger partial charge on any atom is -0.310 e. The molecule has 2 rings (SSSR count). The van der Waals surface area contributed by atoms with Crippen molar-refractivity contribution in [3.05, 3.63) is 29.8 Å². The van der Waals surface area contributed by atoms with Crippen molar-refractivity contribution in [3.63, 3.8) is 0 Å². The first kappa shape index (κ1) is 15.9. The van der Waals surface area contributed by atoms with Gasteiger partial charge in [-0.15, -0.1) is 11.8 Å². The van der Waals surface area contributed by atoms with Gasteiger partial charge in [0, 0.05) is 16.2 Å². The maximum absolute atomic E-state index is 3.55. The van der Waals surface area contributed by atoms with Crippen LogP contribution in [0.25, 0.3) is 0 Å². The zero-order valence-electron chi connectivity index (χ0n) is 13.2. The fraction of sp³-hybridized carbons (Fsp3) is 0.667. The second-order valence-electron chi connectivity index (χ2n) is 6.10. The maximum Gasteiger partial charge on any atom is 0.0317 e. The summed E-state index contributed by atoms with van der Waals surface area (Å²) in [5.41, 5.74) is 1.43. The van der Waals surface area contributed by atoms with Crippen LogP contribution < -0.4 is 5.32 Å². The summed E-state index contributed by atoms with van der Waals surface area (Å²) in [5, 5.41) is 4.38. The summed E-state index contributed by atoms with van der Waals surface area (Å²) in [4.78, 5) is 1.44. The monoisotopic (exact) mass is 291 g/mol. The standard InChI is InChI=1S/C18H29NS/c1-4-18(19-5-2)15-9-11-16(12-10-15)20-17-8-6-7-14(3)13-17/h9-12,14,17-19H,4-8,13H2,1-3H3. The molecule has 1 aromatic rings. The van der Waals surface area contributed by atoms with Gasteiger partial charge in [0.2, 0.25) is 0 Å². The topological polar surface area (TPSA) is 12.0 Å². The van der Waals surface area contributed by atoms with Crippen LogP contribution >= 0.6 is 11.8 Å². The highest BCUT2D eigenvalue weighted by Gasteiger charge is 2.19. The molecule has 0 aromatic heterocycles. The number of nitrogens with one attached hydrogen (secondary N) is 1. The van der Waals surface area contributed by atoms with Crippen LogP contribution in [0.4, 0.5) is 0 Å². The fourth-order valence-electron chi connectivity index (χ4n) is 3.20. The number of benzene rings is 1. The van der Waals surface area contributed by atoms with Gasteiger partial charge in [-0.1, -0.05) is 45.7 Å². The van der Waals surface area contributed by atoms with Crippen LogP contribution in [0, 0.1) is 5.92 Å². The molecule has 3 atom stereocenters. The van der Waals surface area contributed by atoms with Gasteiger partial charge < -0.3 is 5.32 Å². The third kappa shape index (κ3) is 4.53. The minimum absolute atomic E-state index is 0.508. The Balaban J connectivity index is 1.93. The molecular formula is C18H29NS. The van der Waals surface area contributed by atoms with Crippen molar-refractivity contribution in [3.8, 4) is 0 Å². The summed E-state index contributed by atoms with van der Waals surface area (Å²) in [6.45, 7) is 7.86. The molecule has 1 aliphatic rings. The van der Waals surface area contributed by atoms with E-state index in [9.17, 15) is 0 Å². The van der Waals surface area contributed by atoms with Crippen molar-refractivity contribution in [2.75, 3.05) is 6.54 Å². The second kappa shape index (κ2) is 8.09. The van der Waals surface area contributed by atoms with Crippen LogP contribution in [-0.4, -0.2) is 11.8 Å². The average molecular weight is 292 g/mol. The van der Waals surface area contributed by atoms with Crippen LogP contribution in [0.15, 0.2) is 29.2 Å². The summed E-state index contributed by atoms with van der Waals surface area (Å²) in [5.74, 6) is 0.916. The minimum atomic E-state index is 0.508. The molecular weight excluding hydrogens is 262 g/mol. The second-order valence-corrected chi connectivity index (χ2v) is 7.47. The summed E-state index contributed by atoms with van der Waals surface area (Å²) in [7, 11) is 0. The molecule has 0 radical (unpaired) electrons. The van der Waals surface area contributed by atoms with Gasteiger partial charge in [0.15, 0.2) is 0 Å². The van der Waals surface area contributed by atoms with E-state index in [0.717, 1.165) is 24.1 Å². The SMILES string of the molecule is CCNC(CC)c1ccc(SC2CCCC(C)C2)cc1. The molecule has 0 bridgehead atoms. The Morgan fingerprint density at radius 2 is 1.95 bits per heavy atom. The molecule has 3 unspecified atom stereocenters. The van der Waals surface area contributed by atoms with E-state index in [-0.39, 0.29) is 0 Å². The third-order valence-corrected chi connectivity index (χ3v) is 5.64. The van der Waals surface area contributed by atoms with Crippen LogP contribution in [0.3, 0.4) is 0 Å². The van der Waals surface area contributed by atoms with Gasteiger partial charge in [-0.05, 0) is 49.4 Å². The Morgan fingerprint density at radius 3 is 2.55 bits per heavy atom. The fourth-order valence-corrected chi connectivity index (χ4v) is 4.59. The van der Waals surface area contributed by atoms with Gasteiger partial charge >= 0.3 is 0 Å². The zero-order valence-corrected chi connectivity index (χ0v) is 14.0. The molecule has 1 aromatic carbocycles. The molecule has 1 fully saturated rings. The van der Waals surface area contributed by atoms with E-state index in [2.05, 4.69) is 62.1 Å². The van der Waals surface area contributed by atoms with Gasteiger partial charge in [0.25, 0.3) is 0 Å². The predicted octanol–water partition coefficient (Wildman–Crippen LogP) is 5.42. The Kier molecular flexibility index (Phi) is 6.44. The van der Waals surface area contributed by atoms with Crippen molar-refractivity contribution in [1.82, 2.24) is 5.32 Å². The molecule has 0 heterocycles. The van der Waals surface area contributed by atoms with Gasteiger partial charge in [-0.3, -0.25) is 0 Å². The average Bonchev–Trinajstić information content (AvgIpc) is 2.46. The Labute approximate surface area is 128 Å². The smallest absolute Gasteiger partial charge is 0.0317 e. The van der Waals surface area contributed by atoms with Crippen molar-refractivity contribution < 1.29 is 0 Å². The predicted molar refractivity (Wildman–Crippen MR) is 90.4 cm³/mol. The lowest BCUT2D eigenvalue weighted by Crippen LogP contribution is -2.19. The number of rotatable bonds is 6. The van der Waals surface area contributed by atoms with Gasteiger partial charge in [-0.25, -0.2) is 0 Å². The summed E-state index contributed by atoms with van der Waals surface area (Å²) < 4.78 is 0. The molecule has 1 nitrogen and oxygen atoms in total. The van der Waals surface area contributed by atoms with Crippen LogP contribution in [0.1, 0.15) is 64.5 Å². The molecule has 2 heteroatoms. The highest BCUT2D eigenvalue weighted by Crippen LogP contribution is 2.36. The quantitative estimate of drug-likeness (QED) is 0.751. The summed E-state index contributed by atoms with van der Waals surface area (Å²) in [6.07, 6.45) is 6.78. The normalized spacial score (nSPS) is 24.6. The number of hydrogen-bond acceptors (Lipinski definition) is 2. The van der Waals surface area contributed by atoms with Crippen molar-refractivity contribution >= 4 is 11.8 Å². The Morgan fingerprint density at radius 1 is 1.20 bits per heavy atom. The summed E-state index contributed by atoms with van der Waals surface area (Å²) >= 11 is 2.09. The van der Waals surface area contributed by atoms with Crippen molar-refractivity contribution in [1.29, 1.82) is 0 Å². The molecule has 112 valence electrons. The first-order chi connectivity index (χ1) is 9.72. The van der Waals surface area contributed by atoms with E-state index in [0.29, 0.717) is 6.04 Å². The molecule has 0 saturated heterocycles. The Bertz CT molecular complexity index is 387. The highest BCUT2D eigenvalue weighted by atomic mass is 32.2.